The summed E-state index contributed by atoms with van der Waals surface area (Å²) in [5, 5.41) is 3.38. The molecule has 1 heterocycles. The smallest absolute Gasteiger partial charge is 0.273 e. The van der Waals surface area contributed by atoms with Gasteiger partial charge in [-0.3, -0.25) is 9.36 Å². The summed E-state index contributed by atoms with van der Waals surface area (Å²) in [5.74, 6) is -1.04. The molecule has 3 rings (SSSR count). The van der Waals surface area contributed by atoms with Crippen molar-refractivity contribution in [2.45, 2.75) is 46.9 Å². The van der Waals surface area contributed by atoms with Gasteiger partial charge in [0.1, 0.15) is 28.5 Å². The predicted octanol–water partition coefficient (Wildman–Crippen LogP) is 5.57. The minimum atomic E-state index is -0.691. The zero-order chi connectivity index (χ0) is 22.7. The maximum Gasteiger partial charge on any atom is 0.273 e. The van der Waals surface area contributed by atoms with Crippen molar-refractivity contribution in [3.63, 3.8) is 0 Å². The molecule has 0 fully saturated rings. The highest BCUT2D eigenvalue weighted by molar-refractivity contribution is 9.10. The third kappa shape index (κ3) is 5.40. The molecule has 0 bridgehead atoms. The first-order valence-electron chi connectivity index (χ1n) is 9.99. The van der Waals surface area contributed by atoms with E-state index in [-0.39, 0.29) is 22.2 Å². The molecule has 1 N–H and O–H groups in total. The van der Waals surface area contributed by atoms with Crippen LogP contribution in [0.1, 0.15) is 36.2 Å². The van der Waals surface area contributed by atoms with Crippen LogP contribution in [0.4, 0.5) is 8.78 Å². The Hall–Kier alpha value is -2.51. The van der Waals surface area contributed by atoms with E-state index in [1.165, 1.54) is 12.1 Å². The second-order valence-corrected chi connectivity index (χ2v) is 8.58. The summed E-state index contributed by atoms with van der Waals surface area (Å²) in [7, 11) is 0. The molecule has 0 saturated heterocycles. The molecule has 4 nitrogen and oxygen atoms in total. The minimum Gasteiger partial charge on any atom is -0.487 e. The van der Waals surface area contributed by atoms with Crippen LogP contribution >= 0.6 is 15.9 Å². The highest BCUT2D eigenvalue weighted by atomic mass is 79.9. The van der Waals surface area contributed by atoms with Gasteiger partial charge in [0.05, 0.1) is 5.69 Å². The van der Waals surface area contributed by atoms with Gasteiger partial charge in [-0.25, -0.2) is 8.78 Å². The van der Waals surface area contributed by atoms with E-state index in [9.17, 15) is 13.6 Å². The molecule has 0 aliphatic heterocycles. The summed E-state index contributed by atoms with van der Waals surface area (Å²) in [6.45, 7) is 8.51. The quantitative estimate of drug-likeness (QED) is 0.470. The van der Waals surface area contributed by atoms with Crippen LogP contribution in [-0.2, 0) is 13.2 Å². The van der Waals surface area contributed by atoms with Crippen LogP contribution in [0.15, 0.2) is 51.7 Å². The molecule has 0 aliphatic rings. The minimum absolute atomic E-state index is 0.122. The maximum atomic E-state index is 13.9. The number of ether oxygens (including phenoxy) is 1. The standard InChI is InChI=1S/C24H25BrF2N2O2/c1-14(2)28-12-17-6-5-15(3)21(10-17)29-16(4)9-22(23(25)24(29)30)31-13-18-7-8-19(26)11-20(18)27/h5-11,14,28H,12-13H2,1-4H3. The summed E-state index contributed by atoms with van der Waals surface area (Å²) < 4.78 is 34.5. The van der Waals surface area contributed by atoms with Crippen molar-refractivity contribution < 1.29 is 13.5 Å². The molecule has 2 aromatic carbocycles. The maximum absolute atomic E-state index is 13.9. The number of pyridine rings is 1. The fourth-order valence-corrected chi connectivity index (χ4v) is 3.61. The van der Waals surface area contributed by atoms with Crippen molar-refractivity contribution >= 4 is 15.9 Å². The highest BCUT2D eigenvalue weighted by Gasteiger charge is 2.16. The number of nitrogens with zero attached hydrogens (tertiary/aromatic N) is 1. The zero-order valence-electron chi connectivity index (χ0n) is 17.9. The Balaban J connectivity index is 1.93. The van der Waals surface area contributed by atoms with Crippen LogP contribution in [0, 0.1) is 25.5 Å². The average Bonchev–Trinajstić information content (AvgIpc) is 2.71. The molecule has 0 spiro atoms. The molecule has 31 heavy (non-hydrogen) atoms. The predicted molar refractivity (Wildman–Crippen MR) is 122 cm³/mol. The SMILES string of the molecule is Cc1ccc(CNC(C)C)cc1-n1c(C)cc(OCc2ccc(F)cc2F)c(Br)c1=O. The van der Waals surface area contributed by atoms with Gasteiger partial charge in [-0.05, 0) is 59.1 Å². The molecule has 0 atom stereocenters. The molecule has 1 aromatic heterocycles. The number of halogens is 3. The van der Waals surface area contributed by atoms with Crippen molar-refractivity contribution in [1.29, 1.82) is 0 Å². The summed E-state index contributed by atoms with van der Waals surface area (Å²) >= 11 is 3.33. The molecule has 0 aliphatic carbocycles. The average molecular weight is 491 g/mol. The molecule has 0 saturated carbocycles. The summed E-state index contributed by atoms with van der Waals surface area (Å²) in [5.41, 5.74) is 3.45. The van der Waals surface area contributed by atoms with Crippen molar-refractivity contribution in [3.05, 3.63) is 91.3 Å². The Morgan fingerprint density at radius 3 is 2.52 bits per heavy atom. The fraction of sp³-hybridized carbons (Fsp3) is 0.292. The molecule has 0 amide bonds. The number of hydrogen-bond donors (Lipinski definition) is 1. The van der Waals surface area contributed by atoms with Crippen LogP contribution < -0.4 is 15.6 Å². The third-order valence-corrected chi connectivity index (χ3v) is 5.66. The summed E-state index contributed by atoms with van der Waals surface area (Å²) in [6.07, 6.45) is 0. The van der Waals surface area contributed by atoms with Gasteiger partial charge in [-0.1, -0.05) is 26.0 Å². The van der Waals surface area contributed by atoms with Gasteiger partial charge in [0, 0.05) is 36.0 Å². The van der Waals surface area contributed by atoms with E-state index in [1.807, 2.05) is 32.0 Å². The summed E-state index contributed by atoms with van der Waals surface area (Å²) in [6, 6.07) is 11.4. The zero-order valence-corrected chi connectivity index (χ0v) is 19.5. The van der Waals surface area contributed by atoms with Crippen molar-refractivity contribution in [1.82, 2.24) is 9.88 Å². The van der Waals surface area contributed by atoms with Gasteiger partial charge < -0.3 is 10.1 Å². The monoisotopic (exact) mass is 490 g/mol. The van der Waals surface area contributed by atoms with E-state index in [1.54, 1.807) is 10.6 Å². The molecule has 0 radical (unpaired) electrons. The molecule has 7 heteroatoms. The Morgan fingerprint density at radius 2 is 1.84 bits per heavy atom. The van der Waals surface area contributed by atoms with E-state index in [2.05, 4.69) is 35.1 Å². The van der Waals surface area contributed by atoms with Gasteiger partial charge in [-0.15, -0.1) is 0 Å². The lowest BCUT2D eigenvalue weighted by molar-refractivity contribution is 0.296. The summed E-state index contributed by atoms with van der Waals surface area (Å²) in [4.78, 5) is 13.2. The number of rotatable bonds is 7. The van der Waals surface area contributed by atoms with Crippen molar-refractivity contribution in [2.24, 2.45) is 0 Å². The van der Waals surface area contributed by atoms with Crippen LogP contribution in [0.3, 0.4) is 0 Å². The number of aryl methyl sites for hydroxylation is 2. The highest BCUT2D eigenvalue weighted by Crippen LogP contribution is 2.26. The van der Waals surface area contributed by atoms with Crippen LogP contribution in [0.2, 0.25) is 0 Å². The number of benzene rings is 2. The lowest BCUT2D eigenvalue weighted by atomic mass is 10.1. The Kier molecular flexibility index (Phi) is 7.28. The van der Waals surface area contributed by atoms with Gasteiger partial charge in [-0.2, -0.15) is 0 Å². The first kappa shape index (κ1) is 23.2. The van der Waals surface area contributed by atoms with Gasteiger partial charge in [0.2, 0.25) is 0 Å². The fourth-order valence-electron chi connectivity index (χ4n) is 3.21. The van der Waals surface area contributed by atoms with E-state index >= 15 is 0 Å². The Labute approximate surface area is 189 Å². The van der Waals surface area contributed by atoms with Crippen molar-refractivity contribution in [2.75, 3.05) is 0 Å². The van der Waals surface area contributed by atoms with Crippen molar-refractivity contribution in [3.8, 4) is 11.4 Å². The van der Waals surface area contributed by atoms with Crippen LogP contribution in [0.5, 0.6) is 5.75 Å². The molecular formula is C24H25BrF2N2O2. The van der Waals surface area contributed by atoms with E-state index < -0.39 is 11.6 Å². The Bertz CT molecular complexity index is 1160. The van der Waals surface area contributed by atoms with Gasteiger partial charge >= 0.3 is 0 Å². The Morgan fingerprint density at radius 1 is 1.10 bits per heavy atom. The lowest BCUT2D eigenvalue weighted by Gasteiger charge is -2.18. The third-order valence-electron chi connectivity index (χ3n) is 4.93. The first-order valence-corrected chi connectivity index (χ1v) is 10.8. The van der Waals surface area contributed by atoms with Crippen LogP contribution in [0.25, 0.3) is 5.69 Å². The molecule has 3 aromatic rings. The number of aromatic nitrogens is 1. The largest absolute Gasteiger partial charge is 0.487 e. The van der Waals surface area contributed by atoms with Gasteiger partial charge in [0.15, 0.2) is 0 Å². The van der Waals surface area contributed by atoms with Gasteiger partial charge in [0.25, 0.3) is 5.56 Å². The topological polar surface area (TPSA) is 43.3 Å². The lowest BCUT2D eigenvalue weighted by Crippen LogP contribution is -2.24. The van der Waals surface area contributed by atoms with E-state index in [0.29, 0.717) is 24.0 Å². The first-order chi connectivity index (χ1) is 14.7. The number of nitrogens with one attached hydrogen (secondary N) is 1. The normalized spacial score (nSPS) is 11.2. The van der Waals surface area contributed by atoms with E-state index in [0.717, 1.165) is 22.9 Å². The molecule has 0 unspecified atom stereocenters. The van der Waals surface area contributed by atoms with Crippen LogP contribution in [-0.4, -0.2) is 10.6 Å². The number of hydrogen-bond acceptors (Lipinski definition) is 3. The second-order valence-electron chi connectivity index (χ2n) is 7.79. The van der Waals surface area contributed by atoms with E-state index in [4.69, 9.17) is 4.74 Å². The molecule has 164 valence electrons. The second kappa shape index (κ2) is 9.75. The molecular weight excluding hydrogens is 466 g/mol.